The average molecular weight is 279 g/mol. The maximum atomic E-state index is 13.3. The Bertz CT molecular complexity index is 792. The first kappa shape index (κ1) is 13.4. The molecule has 2 radical (unpaired) electrons. The molecule has 0 amide bonds. The maximum absolute atomic E-state index is 13.3. The van der Waals surface area contributed by atoms with Crippen LogP contribution in [0.5, 0.6) is 0 Å². The van der Waals surface area contributed by atoms with E-state index in [1.54, 1.807) is 18.3 Å². The van der Waals surface area contributed by atoms with E-state index in [1.165, 1.54) is 12.1 Å². The number of nitrogens with one attached hydrogen (secondary N) is 1. The summed E-state index contributed by atoms with van der Waals surface area (Å²) in [6.07, 6.45) is 2.00. The third-order valence-corrected chi connectivity index (χ3v) is 2.94. The molecule has 3 rings (SSSR count). The lowest BCUT2D eigenvalue weighted by Crippen LogP contribution is -2.18. The molecule has 1 aliphatic heterocycles. The molecule has 0 aliphatic carbocycles. The number of halogens is 1. The zero-order valence-corrected chi connectivity index (χ0v) is 11.1. The highest BCUT2D eigenvalue weighted by Crippen LogP contribution is 2.09. The molecule has 0 saturated heterocycles. The van der Waals surface area contributed by atoms with E-state index >= 15 is 0 Å². The van der Waals surface area contributed by atoms with Gasteiger partial charge in [0, 0.05) is 11.4 Å². The zero-order valence-electron chi connectivity index (χ0n) is 11.1. The van der Waals surface area contributed by atoms with E-state index < -0.39 is 0 Å². The van der Waals surface area contributed by atoms with Crippen LogP contribution in [-0.2, 0) is 11.3 Å². The van der Waals surface area contributed by atoms with Crippen LogP contribution in [-0.4, -0.2) is 18.7 Å². The van der Waals surface area contributed by atoms with Crippen molar-refractivity contribution >= 4 is 31.6 Å². The van der Waals surface area contributed by atoms with Crippen molar-refractivity contribution in [3.63, 3.8) is 0 Å². The second-order valence-corrected chi connectivity index (χ2v) is 4.67. The van der Waals surface area contributed by atoms with Gasteiger partial charge in [-0.15, -0.1) is 0 Å². The molecule has 2 aromatic rings. The quantitative estimate of drug-likeness (QED) is 0.765. The first-order valence-corrected chi connectivity index (χ1v) is 6.31. The summed E-state index contributed by atoms with van der Waals surface area (Å²) in [5, 5.41) is 1.47. The lowest BCUT2D eigenvalue weighted by molar-refractivity contribution is 0.248. The fraction of sp³-hybridized carbons (Fsp3) is 0.0667. The standard InChI is InChI=1S/C15H11BFN3O/c1-9-2-3-11(8-18-9)15-19-14(21-20-15)6-10-4-12(16)7-13(17)5-10/h2-5,7-8,20H,1,6H2. The summed E-state index contributed by atoms with van der Waals surface area (Å²) in [4.78, 5) is 13.7. The van der Waals surface area contributed by atoms with Gasteiger partial charge in [0.1, 0.15) is 13.7 Å². The summed E-state index contributed by atoms with van der Waals surface area (Å²) in [5.41, 5.74) is 3.79. The molecule has 0 bridgehead atoms. The number of nitrogens with zero attached hydrogens (tertiary/aromatic N) is 2. The largest absolute Gasteiger partial charge is 0.364 e. The van der Waals surface area contributed by atoms with E-state index in [4.69, 9.17) is 12.7 Å². The van der Waals surface area contributed by atoms with Crippen LogP contribution in [0.4, 0.5) is 4.39 Å². The number of benzene rings is 1. The smallest absolute Gasteiger partial charge is 0.228 e. The van der Waals surface area contributed by atoms with E-state index in [2.05, 4.69) is 22.0 Å². The van der Waals surface area contributed by atoms with Gasteiger partial charge in [-0.1, -0.05) is 18.1 Å². The lowest BCUT2D eigenvalue weighted by Gasteiger charge is -2.03. The monoisotopic (exact) mass is 279 g/mol. The van der Waals surface area contributed by atoms with E-state index in [0.29, 0.717) is 34.5 Å². The molecule has 1 N–H and O–H groups in total. The maximum Gasteiger partial charge on any atom is 0.228 e. The van der Waals surface area contributed by atoms with Crippen LogP contribution in [0.15, 0.2) is 41.5 Å². The van der Waals surface area contributed by atoms with Crippen molar-refractivity contribution in [1.29, 1.82) is 0 Å². The molecule has 21 heavy (non-hydrogen) atoms. The van der Waals surface area contributed by atoms with Crippen molar-refractivity contribution in [3.05, 3.63) is 58.5 Å². The van der Waals surface area contributed by atoms with Gasteiger partial charge in [0.2, 0.25) is 5.90 Å². The van der Waals surface area contributed by atoms with Crippen LogP contribution in [0.1, 0.15) is 5.56 Å². The number of aromatic nitrogens is 1. The van der Waals surface area contributed by atoms with Crippen LogP contribution in [0.3, 0.4) is 0 Å². The highest BCUT2D eigenvalue weighted by molar-refractivity contribution is 6.32. The zero-order chi connectivity index (χ0) is 14.8. The number of rotatable bonds is 2. The van der Waals surface area contributed by atoms with Gasteiger partial charge in [-0.2, -0.15) is 4.99 Å². The van der Waals surface area contributed by atoms with Crippen LogP contribution in [0, 0.1) is 5.82 Å². The molecule has 1 aliphatic rings. The summed E-state index contributed by atoms with van der Waals surface area (Å²) in [6, 6.07) is 7.98. The Labute approximate surface area is 122 Å². The molecule has 4 nitrogen and oxygen atoms in total. The Hall–Kier alpha value is -2.63. The lowest BCUT2D eigenvalue weighted by atomic mass is 9.93. The Morgan fingerprint density at radius 3 is 2.86 bits per heavy atom. The summed E-state index contributed by atoms with van der Waals surface area (Å²) < 4.78 is 13.3. The highest BCUT2D eigenvalue weighted by Gasteiger charge is 2.14. The molecular formula is C15H11BFN3O. The van der Waals surface area contributed by atoms with Crippen LogP contribution < -0.4 is 21.5 Å². The molecule has 0 fully saturated rings. The summed E-state index contributed by atoms with van der Waals surface area (Å²) in [6.45, 7) is 3.72. The SMILES string of the molecule is [B]c1cc(F)cc(CC2=NC(=c3ccc(=C)nc3)NO2)c1. The predicted octanol–water partition coefficient (Wildman–Crippen LogP) is -0.334. The van der Waals surface area contributed by atoms with E-state index in [1.807, 2.05) is 6.07 Å². The second kappa shape index (κ2) is 5.40. The van der Waals surface area contributed by atoms with Gasteiger partial charge < -0.3 is 4.84 Å². The summed E-state index contributed by atoms with van der Waals surface area (Å²) in [5.74, 6) is 0.617. The minimum absolute atomic E-state index is 0.347. The van der Waals surface area contributed by atoms with Gasteiger partial charge in [-0.25, -0.2) is 9.87 Å². The molecular weight excluding hydrogens is 268 g/mol. The van der Waals surface area contributed by atoms with Gasteiger partial charge in [-0.3, -0.25) is 4.98 Å². The van der Waals surface area contributed by atoms with Crippen LogP contribution in [0.2, 0.25) is 0 Å². The van der Waals surface area contributed by atoms with Crippen molar-refractivity contribution in [1.82, 2.24) is 10.5 Å². The molecule has 102 valence electrons. The van der Waals surface area contributed by atoms with E-state index in [-0.39, 0.29) is 5.82 Å². The van der Waals surface area contributed by atoms with Crippen molar-refractivity contribution in [2.24, 2.45) is 4.99 Å². The molecule has 0 spiro atoms. The summed E-state index contributed by atoms with van der Waals surface area (Å²) in [7, 11) is 5.61. The fourth-order valence-corrected chi connectivity index (χ4v) is 1.99. The van der Waals surface area contributed by atoms with Crippen LogP contribution >= 0.6 is 0 Å². The Kier molecular flexibility index (Phi) is 3.44. The number of hydrogen-bond donors (Lipinski definition) is 1. The molecule has 2 heterocycles. The molecule has 1 aromatic carbocycles. The molecule has 6 heteroatoms. The minimum Gasteiger partial charge on any atom is -0.364 e. The first-order chi connectivity index (χ1) is 10.1. The minimum atomic E-state index is -0.379. The molecule has 0 unspecified atom stereocenters. The van der Waals surface area contributed by atoms with Gasteiger partial charge in [0.05, 0.1) is 11.8 Å². The van der Waals surface area contributed by atoms with Gasteiger partial charge in [0.25, 0.3) is 0 Å². The first-order valence-electron chi connectivity index (χ1n) is 6.31. The molecule has 0 atom stereocenters. The van der Waals surface area contributed by atoms with E-state index in [9.17, 15) is 4.39 Å². The number of aliphatic imine (C=N–C) groups is 1. The van der Waals surface area contributed by atoms with Gasteiger partial charge in [-0.05, 0) is 29.8 Å². The number of hydrogen-bond acceptors (Lipinski definition) is 4. The van der Waals surface area contributed by atoms with Crippen molar-refractivity contribution in [2.75, 3.05) is 0 Å². The predicted molar refractivity (Wildman–Crippen MR) is 79.6 cm³/mol. The third kappa shape index (κ3) is 3.10. The number of hydroxylamine groups is 1. The average Bonchev–Trinajstić information content (AvgIpc) is 2.87. The topological polar surface area (TPSA) is 46.5 Å². The normalized spacial score (nSPS) is 16.1. The fourth-order valence-electron chi connectivity index (χ4n) is 1.99. The second-order valence-electron chi connectivity index (χ2n) is 4.67. The van der Waals surface area contributed by atoms with Crippen molar-refractivity contribution in [2.45, 2.75) is 6.42 Å². The van der Waals surface area contributed by atoms with E-state index in [0.717, 1.165) is 5.22 Å². The molecule has 1 aromatic heterocycles. The number of pyridine rings is 1. The highest BCUT2D eigenvalue weighted by atomic mass is 19.1. The Morgan fingerprint density at radius 1 is 1.29 bits per heavy atom. The molecule has 0 saturated carbocycles. The Morgan fingerprint density at radius 2 is 2.14 bits per heavy atom. The van der Waals surface area contributed by atoms with Gasteiger partial charge in [0.15, 0.2) is 5.82 Å². The van der Waals surface area contributed by atoms with Gasteiger partial charge >= 0.3 is 0 Å². The summed E-state index contributed by atoms with van der Waals surface area (Å²) >= 11 is 0. The van der Waals surface area contributed by atoms with Crippen molar-refractivity contribution in [3.8, 4) is 0 Å². The van der Waals surface area contributed by atoms with Crippen molar-refractivity contribution < 1.29 is 9.23 Å². The van der Waals surface area contributed by atoms with Crippen LogP contribution in [0.25, 0.3) is 12.4 Å². The Balaban J connectivity index is 1.88. The third-order valence-electron chi connectivity index (χ3n) is 2.94.